The van der Waals surface area contributed by atoms with Crippen LogP contribution in [-0.2, 0) is 17.5 Å². The Balaban J connectivity index is 2.07. The number of benzene rings is 2. The van der Waals surface area contributed by atoms with Crippen LogP contribution in [0.25, 0.3) is 0 Å². The fraction of sp³-hybridized carbons (Fsp3) is 0.235. The largest absolute Gasteiger partial charge is 0.493 e. The topological polar surface area (TPSA) is 38.8 Å². The first kappa shape index (κ1) is 16.2. The molecule has 1 heterocycles. The van der Waals surface area contributed by atoms with Crippen LogP contribution in [0.1, 0.15) is 11.1 Å². The Labute approximate surface area is 136 Å². The van der Waals surface area contributed by atoms with Crippen molar-refractivity contribution in [2.24, 2.45) is 0 Å². The van der Waals surface area contributed by atoms with Crippen molar-refractivity contribution in [2.75, 3.05) is 18.6 Å². The van der Waals surface area contributed by atoms with Crippen LogP contribution >= 0.6 is 0 Å². The van der Waals surface area contributed by atoms with E-state index in [-0.39, 0.29) is 18.8 Å². The summed E-state index contributed by atoms with van der Waals surface area (Å²) in [7, 11) is 1.46. The summed E-state index contributed by atoms with van der Waals surface area (Å²) in [5.74, 6) is 0.261. The van der Waals surface area contributed by atoms with Crippen molar-refractivity contribution >= 4 is 11.6 Å². The van der Waals surface area contributed by atoms with Gasteiger partial charge in [-0.15, -0.1) is 0 Å². The molecule has 2 aromatic rings. The average Bonchev–Trinajstić information content (AvgIpc) is 2.73. The van der Waals surface area contributed by atoms with Gasteiger partial charge in [0.2, 0.25) is 0 Å². The number of rotatable bonds is 2. The van der Waals surface area contributed by atoms with Gasteiger partial charge in [0.05, 0.1) is 24.9 Å². The lowest BCUT2D eigenvalue weighted by Gasteiger charge is -2.24. The van der Waals surface area contributed by atoms with Crippen LogP contribution in [0, 0.1) is 0 Å². The number of carbonyl (C=O) groups is 1. The molecule has 1 aliphatic heterocycles. The highest BCUT2D eigenvalue weighted by atomic mass is 19.4. The van der Waals surface area contributed by atoms with E-state index in [1.807, 2.05) is 0 Å². The predicted octanol–water partition coefficient (Wildman–Crippen LogP) is 3.64. The Morgan fingerprint density at radius 2 is 1.88 bits per heavy atom. The Morgan fingerprint density at radius 3 is 2.58 bits per heavy atom. The summed E-state index contributed by atoms with van der Waals surface area (Å²) in [5.41, 5.74) is -0.462. The van der Waals surface area contributed by atoms with Gasteiger partial charge in [0.1, 0.15) is 0 Å². The zero-order chi connectivity index (χ0) is 17.3. The number of fused-ring (bicyclic) bond motifs is 1. The van der Waals surface area contributed by atoms with E-state index in [0.29, 0.717) is 17.1 Å². The molecule has 0 aromatic heterocycles. The van der Waals surface area contributed by atoms with Crippen molar-refractivity contribution in [3.8, 4) is 11.5 Å². The first-order valence-electron chi connectivity index (χ1n) is 7.17. The highest BCUT2D eigenvalue weighted by Crippen LogP contribution is 2.39. The zero-order valence-electron chi connectivity index (χ0n) is 12.8. The maximum atomic E-state index is 13.3. The number of hydrogen-bond acceptors (Lipinski definition) is 3. The van der Waals surface area contributed by atoms with Gasteiger partial charge in [-0.05, 0) is 18.2 Å². The van der Waals surface area contributed by atoms with E-state index in [2.05, 4.69) is 0 Å². The lowest BCUT2D eigenvalue weighted by atomic mass is 10.1. The fourth-order valence-electron chi connectivity index (χ4n) is 2.65. The van der Waals surface area contributed by atoms with Crippen LogP contribution in [0.2, 0.25) is 0 Å². The summed E-state index contributed by atoms with van der Waals surface area (Å²) in [4.78, 5) is 13.4. The van der Waals surface area contributed by atoms with Crippen molar-refractivity contribution in [1.29, 1.82) is 0 Å². The number of amides is 1. The summed E-state index contributed by atoms with van der Waals surface area (Å²) < 4.78 is 50.4. The van der Waals surface area contributed by atoms with Gasteiger partial charge in [0.15, 0.2) is 18.1 Å². The normalized spacial score (nSPS) is 14.7. The lowest BCUT2D eigenvalue weighted by molar-refractivity contribution is -0.137. The molecule has 126 valence electrons. The maximum Gasteiger partial charge on any atom is 0.418 e. The minimum atomic E-state index is -4.55. The minimum Gasteiger partial charge on any atom is -0.493 e. The van der Waals surface area contributed by atoms with Crippen molar-refractivity contribution < 1.29 is 27.4 Å². The summed E-state index contributed by atoms with van der Waals surface area (Å²) in [6, 6.07) is 10.1. The molecule has 4 nitrogen and oxygen atoms in total. The van der Waals surface area contributed by atoms with Crippen LogP contribution in [-0.4, -0.2) is 19.6 Å². The molecule has 2 aromatic carbocycles. The predicted molar refractivity (Wildman–Crippen MR) is 81.1 cm³/mol. The Kier molecular flexibility index (Phi) is 4.09. The molecule has 0 atom stereocenters. The quantitative estimate of drug-likeness (QED) is 0.840. The number of carbonyl (C=O) groups excluding carboxylic acids is 1. The Bertz CT molecular complexity index is 774. The molecule has 3 rings (SSSR count). The van der Waals surface area contributed by atoms with Crippen LogP contribution in [0.15, 0.2) is 42.5 Å². The molecule has 0 bridgehead atoms. The molecule has 24 heavy (non-hydrogen) atoms. The van der Waals surface area contributed by atoms with Gasteiger partial charge in [-0.2, -0.15) is 13.2 Å². The van der Waals surface area contributed by atoms with Crippen molar-refractivity contribution in [2.45, 2.75) is 12.7 Å². The van der Waals surface area contributed by atoms with Gasteiger partial charge in [-0.1, -0.05) is 24.3 Å². The zero-order valence-corrected chi connectivity index (χ0v) is 12.8. The summed E-state index contributed by atoms with van der Waals surface area (Å²) in [6.45, 7) is -0.391. The number of anilines is 1. The summed E-state index contributed by atoms with van der Waals surface area (Å²) >= 11 is 0. The molecule has 7 heteroatoms. The van der Waals surface area contributed by atoms with Crippen LogP contribution in [0.3, 0.4) is 0 Å². The molecule has 0 unspecified atom stereocenters. The van der Waals surface area contributed by atoms with E-state index in [1.54, 1.807) is 18.2 Å². The second-order valence-electron chi connectivity index (χ2n) is 5.23. The van der Waals surface area contributed by atoms with Crippen LogP contribution < -0.4 is 14.4 Å². The van der Waals surface area contributed by atoms with Gasteiger partial charge >= 0.3 is 6.18 Å². The first-order valence-corrected chi connectivity index (χ1v) is 7.17. The third-order valence-corrected chi connectivity index (χ3v) is 3.75. The number of para-hydroxylation sites is 2. The summed E-state index contributed by atoms with van der Waals surface area (Å²) in [5, 5.41) is 0. The van der Waals surface area contributed by atoms with Gasteiger partial charge < -0.3 is 14.4 Å². The van der Waals surface area contributed by atoms with Gasteiger partial charge in [0.25, 0.3) is 5.91 Å². The number of methoxy groups -OCH3 is 1. The fourth-order valence-corrected chi connectivity index (χ4v) is 2.65. The molecule has 1 aliphatic rings. The SMILES string of the molecule is COc1cccc2c1OCC(=O)N(c1ccccc1C(F)(F)F)C2. The number of nitrogens with zero attached hydrogens (tertiary/aromatic N) is 1. The Hall–Kier alpha value is -2.70. The second kappa shape index (κ2) is 6.07. The molecule has 0 N–H and O–H groups in total. The van der Waals surface area contributed by atoms with Gasteiger partial charge in [0, 0.05) is 5.56 Å². The van der Waals surface area contributed by atoms with E-state index < -0.39 is 17.6 Å². The van der Waals surface area contributed by atoms with Crippen molar-refractivity contribution in [3.63, 3.8) is 0 Å². The third-order valence-electron chi connectivity index (χ3n) is 3.75. The minimum absolute atomic E-state index is 0.0293. The molecule has 0 aliphatic carbocycles. The molecule has 0 saturated heterocycles. The van der Waals surface area contributed by atoms with Crippen molar-refractivity contribution in [1.82, 2.24) is 0 Å². The van der Waals surface area contributed by atoms with E-state index >= 15 is 0 Å². The maximum absolute atomic E-state index is 13.3. The molecular formula is C17H14F3NO3. The van der Waals surface area contributed by atoms with E-state index in [0.717, 1.165) is 11.0 Å². The number of ether oxygens (including phenoxy) is 2. The second-order valence-corrected chi connectivity index (χ2v) is 5.23. The number of hydrogen-bond donors (Lipinski definition) is 0. The monoisotopic (exact) mass is 337 g/mol. The molecule has 0 radical (unpaired) electrons. The van der Waals surface area contributed by atoms with E-state index in [9.17, 15) is 18.0 Å². The number of halogens is 3. The molecule has 1 amide bonds. The number of alkyl halides is 3. The van der Waals surface area contributed by atoms with Gasteiger partial charge in [-0.25, -0.2) is 0 Å². The molecular weight excluding hydrogens is 323 g/mol. The highest BCUT2D eigenvalue weighted by Gasteiger charge is 2.36. The third kappa shape index (κ3) is 2.89. The molecule has 0 spiro atoms. The molecule has 0 saturated carbocycles. The summed E-state index contributed by atoms with van der Waals surface area (Å²) in [6.07, 6.45) is -4.55. The van der Waals surface area contributed by atoms with Gasteiger partial charge in [-0.3, -0.25) is 4.79 Å². The van der Waals surface area contributed by atoms with E-state index in [4.69, 9.17) is 9.47 Å². The highest BCUT2D eigenvalue weighted by molar-refractivity contribution is 5.96. The molecule has 0 fully saturated rings. The lowest BCUT2D eigenvalue weighted by Crippen LogP contribution is -2.33. The first-order chi connectivity index (χ1) is 11.4. The van der Waals surface area contributed by atoms with E-state index in [1.165, 1.54) is 25.3 Å². The average molecular weight is 337 g/mol. The van der Waals surface area contributed by atoms with Crippen LogP contribution in [0.5, 0.6) is 11.5 Å². The Morgan fingerprint density at radius 1 is 1.12 bits per heavy atom. The van der Waals surface area contributed by atoms with Crippen LogP contribution in [0.4, 0.5) is 18.9 Å². The standard InChI is InChI=1S/C17H14F3NO3/c1-23-14-8-4-5-11-9-21(15(22)10-24-16(11)14)13-7-3-2-6-12(13)17(18,19)20/h2-8H,9-10H2,1H3. The smallest absolute Gasteiger partial charge is 0.418 e. The van der Waals surface area contributed by atoms with Crippen molar-refractivity contribution in [3.05, 3.63) is 53.6 Å².